The summed E-state index contributed by atoms with van der Waals surface area (Å²) in [6.45, 7) is 0. The third kappa shape index (κ3) is 2.78. The monoisotopic (exact) mass is 285 g/mol. The summed E-state index contributed by atoms with van der Waals surface area (Å²) in [6.07, 6.45) is 1.43. The van der Waals surface area contributed by atoms with E-state index in [1.807, 2.05) is 0 Å². The first-order valence-corrected chi connectivity index (χ1v) is 5.61. The molecule has 0 spiro atoms. The van der Waals surface area contributed by atoms with Gasteiger partial charge in [-0.1, -0.05) is 29.3 Å². The lowest BCUT2D eigenvalue weighted by Gasteiger charge is -2.07. The van der Waals surface area contributed by atoms with Crippen LogP contribution >= 0.6 is 23.2 Å². The Hall–Kier alpha value is -1.65. The van der Waals surface area contributed by atoms with Gasteiger partial charge in [-0.3, -0.25) is 0 Å². The summed E-state index contributed by atoms with van der Waals surface area (Å²) in [6, 6.07) is 7.00. The van der Waals surface area contributed by atoms with Gasteiger partial charge in [0.1, 0.15) is 5.69 Å². The number of ether oxygens (including phenoxy) is 1. The molecule has 0 fully saturated rings. The van der Waals surface area contributed by atoms with Gasteiger partial charge >= 0.3 is 5.97 Å². The van der Waals surface area contributed by atoms with Gasteiger partial charge in [0.2, 0.25) is 0 Å². The predicted molar refractivity (Wildman–Crippen MR) is 65.6 cm³/mol. The highest BCUT2D eigenvalue weighted by atomic mass is 35.5. The highest BCUT2D eigenvalue weighted by Crippen LogP contribution is 2.31. The van der Waals surface area contributed by atoms with Gasteiger partial charge in [0.15, 0.2) is 11.6 Å². The van der Waals surface area contributed by atoms with Gasteiger partial charge in [-0.25, -0.2) is 14.2 Å². The van der Waals surface area contributed by atoms with Crippen LogP contribution in [0.3, 0.4) is 0 Å². The molecule has 3 nitrogen and oxygen atoms in total. The van der Waals surface area contributed by atoms with Gasteiger partial charge in [-0.2, -0.15) is 0 Å². The summed E-state index contributed by atoms with van der Waals surface area (Å²) in [5.74, 6) is -1.97. The second-order valence-electron chi connectivity index (χ2n) is 3.30. The molecule has 2 rings (SSSR count). The van der Waals surface area contributed by atoms with Gasteiger partial charge < -0.3 is 4.74 Å². The van der Waals surface area contributed by atoms with E-state index in [1.165, 1.54) is 18.3 Å². The topological polar surface area (TPSA) is 39.2 Å². The van der Waals surface area contributed by atoms with Crippen LogP contribution in [0.1, 0.15) is 10.5 Å². The van der Waals surface area contributed by atoms with Gasteiger partial charge in [-0.15, -0.1) is 0 Å². The minimum absolute atomic E-state index is 0.0583. The van der Waals surface area contributed by atoms with Crippen molar-refractivity contribution in [2.75, 3.05) is 0 Å². The van der Waals surface area contributed by atoms with Crippen LogP contribution in [-0.4, -0.2) is 11.0 Å². The summed E-state index contributed by atoms with van der Waals surface area (Å²) in [5, 5.41) is 0.0411. The maximum atomic E-state index is 13.5. The zero-order valence-corrected chi connectivity index (χ0v) is 10.4. The number of hydrogen-bond acceptors (Lipinski definition) is 3. The SMILES string of the molecule is O=C(Oc1c(F)cc(Cl)cc1Cl)c1ccccn1. The van der Waals surface area contributed by atoms with Crippen molar-refractivity contribution in [1.82, 2.24) is 4.98 Å². The highest BCUT2D eigenvalue weighted by molar-refractivity contribution is 6.35. The molecule has 2 aromatic rings. The summed E-state index contributed by atoms with van der Waals surface area (Å²) in [4.78, 5) is 15.4. The van der Waals surface area contributed by atoms with Crippen LogP contribution in [0.25, 0.3) is 0 Å². The smallest absolute Gasteiger partial charge is 0.362 e. The second kappa shape index (κ2) is 5.33. The van der Waals surface area contributed by atoms with Crippen molar-refractivity contribution >= 4 is 29.2 Å². The Labute approximate surface area is 112 Å². The molecule has 1 heterocycles. The highest BCUT2D eigenvalue weighted by Gasteiger charge is 2.16. The van der Waals surface area contributed by atoms with E-state index in [9.17, 15) is 9.18 Å². The third-order valence-electron chi connectivity index (χ3n) is 2.03. The predicted octanol–water partition coefficient (Wildman–Crippen LogP) is 3.75. The van der Waals surface area contributed by atoms with E-state index in [1.54, 1.807) is 12.1 Å². The molecule has 0 unspecified atom stereocenters. The van der Waals surface area contributed by atoms with Crippen LogP contribution in [0, 0.1) is 5.82 Å². The molecule has 0 aliphatic rings. The summed E-state index contributed by atoms with van der Waals surface area (Å²) in [5.41, 5.74) is 0.0583. The molecule has 0 bridgehead atoms. The average molecular weight is 286 g/mol. The number of halogens is 3. The molecular formula is C12H6Cl2FNO2. The van der Waals surface area contributed by atoms with E-state index < -0.39 is 11.8 Å². The molecule has 1 aromatic heterocycles. The molecular weight excluding hydrogens is 280 g/mol. The molecule has 0 aliphatic heterocycles. The van der Waals surface area contributed by atoms with Gasteiger partial charge in [0, 0.05) is 11.2 Å². The first-order valence-electron chi connectivity index (χ1n) is 4.85. The van der Waals surface area contributed by atoms with Gasteiger partial charge in [0.05, 0.1) is 5.02 Å². The van der Waals surface area contributed by atoms with E-state index in [4.69, 9.17) is 27.9 Å². The number of benzene rings is 1. The van der Waals surface area contributed by atoms with Crippen molar-refractivity contribution in [3.8, 4) is 5.75 Å². The zero-order chi connectivity index (χ0) is 13.1. The Kier molecular flexibility index (Phi) is 3.79. The Morgan fingerprint density at radius 3 is 2.67 bits per heavy atom. The standard InChI is InChI=1S/C12H6Cl2FNO2/c13-7-5-8(14)11(9(15)6-7)18-12(17)10-3-1-2-4-16-10/h1-6H. The minimum atomic E-state index is -0.809. The molecule has 1 aromatic carbocycles. The Morgan fingerprint density at radius 2 is 2.06 bits per heavy atom. The van der Waals surface area contributed by atoms with Crippen LogP contribution in [-0.2, 0) is 0 Å². The molecule has 92 valence electrons. The number of pyridine rings is 1. The number of nitrogens with zero attached hydrogens (tertiary/aromatic N) is 1. The maximum Gasteiger partial charge on any atom is 0.362 e. The molecule has 0 aliphatic carbocycles. The Bertz CT molecular complexity index is 567. The lowest BCUT2D eigenvalue weighted by atomic mass is 10.3. The van der Waals surface area contributed by atoms with Crippen LogP contribution in [0.4, 0.5) is 4.39 Å². The molecule has 0 radical (unpaired) electrons. The first kappa shape index (κ1) is 12.8. The minimum Gasteiger partial charge on any atom is -0.417 e. The number of carbonyl (C=O) groups excluding carboxylic acids is 1. The van der Waals surface area contributed by atoms with E-state index in [-0.39, 0.29) is 21.5 Å². The van der Waals surface area contributed by atoms with E-state index in [0.29, 0.717) is 0 Å². The van der Waals surface area contributed by atoms with Crippen molar-refractivity contribution in [3.05, 3.63) is 58.1 Å². The van der Waals surface area contributed by atoms with Crippen LogP contribution in [0.2, 0.25) is 10.0 Å². The van der Waals surface area contributed by atoms with E-state index >= 15 is 0 Å². The fraction of sp³-hybridized carbons (Fsp3) is 0. The third-order valence-corrected chi connectivity index (χ3v) is 2.53. The van der Waals surface area contributed by atoms with Crippen LogP contribution in [0.15, 0.2) is 36.5 Å². The Balaban J connectivity index is 2.28. The average Bonchev–Trinajstić information content (AvgIpc) is 2.34. The second-order valence-corrected chi connectivity index (χ2v) is 4.15. The first-order chi connectivity index (χ1) is 8.58. The number of hydrogen-bond donors (Lipinski definition) is 0. The van der Waals surface area contributed by atoms with E-state index in [2.05, 4.69) is 4.98 Å². The Morgan fingerprint density at radius 1 is 1.28 bits per heavy atom. The largest absolute Gasteiger partial charge is 0.417 e. The normalized spacial score (nSPS) is 10.2. The van der Waals surface area contributed by atoms with Crippen LogP contribution in [0.5, 0.6) is 5.75 Å². The lowest BCUT2D eigenvalue weighted by molar-refractivity contribution is 0.0722. The molecule has 0 saturated heterocycles. The molecule has 0 amide bonds. The number of rotatable bonds is 2. The zero-order valence-electron chi connectivity index (χ0n) is 8.86. The molecule has 0 saturated carbocycles. The van der Waals surface area contributed by atoms with Crippen molar-refractivity contribution in [2.45, 2.75) is 0 Å². The maximum absolute atomic E-state index is 13.5. The van der Waals surface area contributed by atoms with Crippen molar-refractivity contribution in [2.24, 2.45) is 0 Å². The number of carbonyl (C=O) groups is 1. The van der Waals surface area contributed by atoms with E-state index in [0.717, 1.165) is 6.07 Å². The lowest BCUT2D eigenvalue weighted by Crippen LogP contribution is -2.11. The molecule has 0 atom stereocenters. The van der Waals surface area contributed by atoms with Crippen molar-refractivity contribution in [1.29, 1.82) is 0 Å². The number of aromatic nitrogens is 1. The fourth-order valence-corrected chi connectivity index (χ4v) is 1.76. The van der Waals surface area contributed by atoms with Gasteiger partial charge in [-0.05, 0) is 24.3 Å². The molecule has 6 heteroatoms. The van der Waals surface area contributed by atoms with Gasteiger partial charge in [0.25, 0.3) is 0 Å². The summed E-state index contributed by atoms with van der Waals surface area (Å²) < 4.78 is 18.4. The van der Waals surface area contributed by atoms with Crippen molar-refractivity contribution in [3.63, 3.8) is 0 Å². The van der Waals surface area contributed by atoms with Crippen molar-refractivity contribution < 1.29 is 13.9 Å². The quantitative estimate of drug-likeness (QED) is 0.623. The summed E-state index contributed by atoms with van der Waals surface area (Å²) in [7, 11) is 0. The summed E-state index contributed by atoms with van der Waals surface area (Å²) >= 11 is 11.3. The molecule has 0 N–H and O–H groups in total. The molecule has 18 heavy (non-hydrogen) atoms. The fourth-order valence-electron chi connectivity index (χ4n) is 1.25. The van der Waals surface area contributed by atoms with Crippen LogP contribution < -0.4 is 4.74 Å². The number of esters is 1.